The summed E-state index contributed by atoms with van der Waals surface area (Å²) in [4.78, 5) is 10.9. The second-order valence-corrected chi connectivity index (χ2v) is 2.60. The van der Waals surface area contributed by atoms with Crippen LogP contribution >= 0.6 is 0 Å². The molecule has 0 aromatic carbocycles. The number of nitrogens with zero attached hydrogens (tertiary/aromatic N) is 3. The van der Waals surface area contributed by atoms with Gasteiger partial charge in [-0.05, 0) is 6.07 Å². The molecule has 0 amide bonds. The molecule has 2 aromatic rings. The maximum absolute atomic E-state index is 7.59. The van der Waals surface area contributed by atoms with E-state index < -0.39 is 0 Å². The van der Waals surface area contributed by atoms with Crippen molar-refractivity contribution in [3.8, 4) is 0 Å². The SMILES string of the molecule is CN=Cn1c(=N)cnc2[nH]ccc21. The quantitative estimate of drug-likeness (QED) is 0.476. The van der Waals surface area contributed by atoms with Gasteiger partial charge in [0.15, 0.2) is 5.65 Å². The van der Waals surface area contributed by atoms with E-state index in [1.165, 1.54) is 6.20 Å². The Balaban J connectivity index is 2.88. The van der Waals surface area contributed by atoms with Crippen LogP contribution in [0.3, 0.4) is 0 Å². The number of nitrogens with one attached hydrogen (secondary N) is 2. The van der Waals surface area contributed by atoms with E-state index in [4.69, 9.17) is 5.41 Å². The Bertz CT molecular complexity index is 504. The van der Waals surface area contributed by atoms with Gasteiger partial charge in [-0.25, -0.2) is 4.98 Å². The fourth-order valence-corrected chi connectivity index (χ4v) is 1.21. The standard InChI is InChI=1S/C8H9N5/c1-10-5-13-6-2-3-11-8(6)12-4-7(13)9/h2-5,9,11H,1H3. The van der Waals surface area contributed by atoms with E-state index >= 15 is 0 Å². The molecule has 5 heteroatoms. The van der Waals surface area contributed by atoms with E-state index in [9.17, 15) is 0 Å². The zero-order chi connectivity index (χ0) is 9.26. The maximum Gasteiger partial charge on any atom is 0.154 e. The molecule has 0 fully saturated rings. The average Bonchev–Trinajstić information content (AvgIpc) is 2.58. The first kappa shape index (κ1) is 7.72. The minimum Gasteiger partial charge on any atom is -0.345 e. The van der Waals surface area contributed by atoms with E-state index in [2.05, 4.69) is 15.0 Å². The second kappa shape index (κ2) is 2.85. The van der Waals surface area contributed by atoms with Gasteiger partial charge < -0.3 is 4.98 Å². The summed E-state index contributed by atoms with van der Waals surface area (Å²) in [5.74, 6) is 0. The summed E-state index contributed by atoms with van der Waals surface area (Å²) in [5.41, 5.74) is 1.94. The smallest absolute Gasteiger partial charge is 0.154 e. The van der Waals surface area contributed by atoms with Crippen molar-refractivity contribution < 1.29 is 0 Å². The van der Waals surface area contributed by atoms with Crippen LogP contribution in [0.2, 0.25) is 0 Å². The van der Waals surface area contributed by atoms with E-state index in [1.54, 1.807) is 24.2 Å². The number of rotatable bonds is 1. The third-order valence-electron chi connectivity index (χ3n) is 1.77. The topological polar surface area (TPSA) is 69.8 Å². The molecule has 0 aliphatic heterocycles. The van der Waals surface area contributed by atoms with Gasteiger partial charge in [-0.3, -0.25) is 15.0 Å². The van der Waals surface area contributed by atoms with Gasteiger partial charge in [-0.2, -0.15) is 0 Å². The summed E-state index contributed by atoms with van der Waals surface area (Å²) in [6.45, 7) is 0. The highest BCUT2D eigenvalue weighted by molar-refractivity contribution is 5.78. The third kappa shape index (κ3) is 1.14. The highest BCUT2D eigenvalue weighted by Gasteiger charge is 1.99. The number of H-pyrrole nitrogens is 1. The molecule has 13 heavy (non-hydrogen) atoms. The van der Waals surface area contributed by atoms with Crippen LogP contribution in [0.4, 0.5) is 0 Å². The molecular formula is C8H9N5. The molecule has 0 aliphatic rings. The van der Waals surface area contributed by atoms with Crippen LogP contribution in [0.5, 0.6) is 0 Å². The Hall–Kier alpha value is -1.91. The van der Waals surface area contributed by atoms with Crippen molar-refractivity contribution in [2.24, 2.45) is 4.99 Å². The van der Waals surface area contributed by atoms with E-state index in [1.807, 2.05) is 6.07 Å². The highest BCUT2D eigenvalue weighted by atomic mass is 15.1. The van der Waals surface area contributed by atoms with Crippen molar-refractivity contribution >= 4 is 17.5 Å². The molecule has 2 heterocycles. The molecular weight excluding hydrogens is 166 g/mol. The van der Waals surface area contributed by atoms with Crippen molar-refractivity contribution in [3.63, 3.8) is 0 Å². The molecule has 0 spiro atoms. The van der Waals surface area contributed by atoms with Gasteiger partial charge in [0.2, 0.25) is 0 Å². The van der Waals surface area contributed by atoms with Gasteiger partial charge in [0.1, 0.15) is 5.49 Å². The number of aromatic nitrogens is 3. The molecule has 5 nitrogen and oxygen atoms in total. The molecule has 0 atom stereocenters. The van der Waals surface area contributed by atoms with Gasteiger partial charge >= 0.3 is 0 Å². The molecule has 0 saturated carbocycles. The zero-order valence-corrected chi connectivity index (χ0v) is 7.15. The first-order valence-electron chi connectivity index (χ1n) is 3.84. The zero-order valence-electron chi connectivity index (χ0n) is 7.15. The average molecular weight is 175 g/mol. The predicted octanol–water partition coefficient (Wildman–Crippen LogP) is 0.350. The highest BCUT2D eigenvalue weighted by Crippen LogP contribution is 2.03. The molecule has 0 saturated heterocycles. The molecule has 0 bridgehead atoms. The second-order valence-electron chi connectivity index (χ2n) is 2.60. The Morgan fingerprint density at radius 1 is 1.69 bits per heavy atom. The summed E-state index contributed by atoms with van der Waals surface area (Å²) in [5, 5.41) is 7.59. The van der Waals surface area contributed by atoms with Gasteiger partial charge in [-0.1, -0.05) is 0 Å². The Kier molecular flexibility index (Phi) is 1.70. The normalized spacial score (nSPS) is 11.5. The Morgan fingerprint density at radius 3 is 3.31 bits per heavy atom. The molecule has 0 unspecified atom stereocenters. The van der Waals surface area contributed by atoms with Crippen molar-refractivity contribution in [2.75, 3.05) is 7.05 Å². The lowest BCUT2D eigenvalue weighted by Crippen LogP contribution is -2.19. The monoisotopic (exact) mass is 175 g/mol. The predicted molar refractivity (Wildman–Crippen MR) is 49.8 cm³/mol. The fourth-order valence-electron chi connectivity index (χ4n) is 1.21. The van der Waals surface area contributed by atoms with Crippen LogP contribution in [-0.2, 0) is 0 Å². The number of fused-ring (bicyclic) bond motifs is 1. The summed E-state index contributed by atoms with van der Waals surface area (Å²) >= 11 is 0. The maximum atomic E-state index is 7.59. The van der Waals surface area contributed by atoms with Gasteiger partial charge in [0, 0.05) is 13.2 Å². The lowest BCUT2D eigenvalue weighted by atomic mass is 10.5. The van der Waals surface area contributed by atoms with Crippen molar-refractivity contribution in [1.29, 1.82) is 5.41 Å². The van der Waals surface area contributed by atoms with Crippen LogP contribution in [0.25, 0.3) is 11.2 Å². The van der Waals surface area contributed by atoms with Crippen molar-refractivity contribution in [2.45, 2.75) is 0 Å². The van der Waals surface area contributed by atoms with Crippen molar-refractivity contribution in [3.05, 3.63) is 23.9 Å². The lowest BCUT2D eigenvalue weighted by Gasteiger charge is -1.99. The number of aromatic amines is 1. The fraction of sp³-hybridized carbons (Fsp3) is 0.125. The van der Waals surface area contributed by atoms with Gasteiger partial charge in [0.05, 0.1) is 18.1 Å². The number of hydrogen-bond donors (Lipinski definition) is 2. The lowest BCUT2D eigenvalue weighted by molar-refractivity contribution is 1.000. The molecule has 0 radical (unpaired) electrons. The van der Waals surface area contributed by atoms with Gasteiger partial charge in [0.25, 0.3) is 0 Å². The molecule has 0 aliphatic carbocycles. The molecule has 2 rings (SSSR count). The summed E-state index contributed by atoms with van der Waals surface area (Å²) in [6, 6.07) is 1.86. The van der Waals surface area contributed by atoms with Crippen LogP contribution in [0, 0.1) is 5.41 Å². The number of aliphatic imine (C=N–C) groups is 1. The van der Waals surface area contributed by atoms with Crippen LogP contribution in [0.15, 0.2) is 23.5 Å². The third-order valence-corrected chi connectivity index (χ3v) is 1.77. The summed E-state index contributed by atoms with van der Waals surface area (Å²) in [7, 11) is 1.67. The largest absolute Gasteiger partial charge is 0.345 e. The number of hydrogen-bond acceptors (Lipinski definition) is 3. The van der Waals surface area contributed by atoms with E-state index in [-0.39, 0.29) is 0 Å². The molecule has 66 valence electrons. The minimum absolute atomic E-state index is 0.317. The summed E-state index contributed by atoms with van der Waals surface area (Å²) in [6.07, 6.45) is 4.87. The van der Waals surface area contributed by atoms with E-state index in [0.29, 0.717) is 5.49 Å². The molecule has 2 aromatic heterocycles. The molecule has 2 N–H and O–H groups in total. The minimum atomic E-state index is 0.317. The van der Waals surface area contributed by atoms with Crippen LogP contribution in [0.1, 0.15) is 0 Å². The van der Waals surface area contributed by atoms with Gasteiger partial charge in [-0.15, -0.1) is 0 Å². The summed E-state index contributed by atoms with van der Waals surface area (Å²) < 4.78 is 1.67. The first-order chi connectivity index (χ1) is 6.33. The van der Waals surface area contributed by atoms with Crippen LogP contribution in [-0.4, -0.2) is 27.9 Å². The Labute approximate surface area is 74.3 Å². The first-order valence-corrected chi connectivity index (χ1v) is 3.84. The van der Waals surface area contributed by atoms with E-state index in [0.717, 1.165) is 11.2 Å². The van der Waals surface area contributed by atoms with Crippen LogP contribution < -0.4 is 5.49 Å². The van der Waals surface area contributed by atoms with Crippen molar-refractivity contribution in [1.82, 2.24) is 14.5 Å². The Morgan fingerprint density at radius 2 is 2.54 bits per heavy atom.